The molecule has 0 radical (unpaired) electrons. The van der Waals surface area contributed by atoms with Crippen molar-refractivity contribution in [1.82, 2.24) is 34.1 Å². The van der Waals surface area contributed by atoms with Crippen molar-refractivity contribution in [3.05, 3.63) is 29.5 Å². The number of rotatable bonds is 7. The van der Waals surface area contributed by atoms with Gasteiger partial charge in [-0.25, -0.2) is 32.0 Å². The number of piperidine rings is 2. The number of nitrogens with one attached hydrogen (secondary N) is 2. The summed E-state index contributed by atoms with van der Waals surface area (Å²) in [5, 5.41) is 12.5. The summed E-state index contributed by atoms with van der Waals surface area (Å²) in [5.74, 6) is 1.03. The van der Waals surface area contributed by atoms with Gasteiger partial charge in [-0.2, -0.15) is 5.10 Å². The Balaban J connectivity index is 1.32. The average Bonchev–Trinajstić information content (AvgIpc) is 3.56. The number of ether oxygens (including phenoxy) is 1. The molecule has 2 saturated heterocycles. The number of alkyl carbamates (subject to hydrolysis) is 1. The van der Waals surface area contributed by atoms with Gasteiger partial charge < -0.3 is 20.3 Å². The number of amides is 2. The molecule has 210 valence electrons. The van der Waals surface area contributed by atoms with Crippen LogP contribution in [-0.2, 0) is 14.8 Å². The van der Waals surface area contributed by atoms with Gasteiger partial charge >= 0.3 is 6.09 Å². The second kappa shape index (κ2) is 11.4. The number of nitrogens with zero attached hydrogens (tertiary/aromatic N) is 6. The molecule has 0 aromatic carbocycles. The Kier molecular flexibility index (Phi) is 8.00. The van der Waals surface area contributed by atoms with Crippen LogP contribution in [-0.4, -0.2) is 101 Å². The molecule has 15 heteroatoms. The van der Waals surface area contributed by atoms with Gasteiger partial charge in [0.05, 0.1) is 25.1 Å². The standard InChI is InChI=1S/C24H32N8O5S2/c1-37-24(34)27-17-5-7-30(8-6-17)22(33)19-13-20(25-14-16-3-9-31(10-4-16)39(2,35)36)29-21(28-19)18-15-26-32-11-12-38-23(18)32/h11-13,15-17H,3-10,14H2,1-2H3,(H,27,34)(H,25,28,29). The Bertz CT molecular complexity index is 1440. The van der Waals surface area contributed by atoms with Crippen LogP contribution in [0.4, 0.5) is 10.6 Å². The minimum absolute atomic E-state index is 0.0478. The van der Waals surface area contributed by atoms with Crippen LogP contribution in [0.5, 0.6) is 0 Å². The first-order valence-electron chi connectivity index (χ1n) is 12.8. The fourth-order valence-corrected chi connectivity index (χ4v) is 6.62. The molecule has 0 saturated carbocycles. The average molecular weight is 577 g/mol. The van der Waals surface area contributed by atoms with E-state index >= 15 is 0 Å². The first kappa shape index (κ1) is 27.3. The van der Waals surface area contributed by atoms with E-state index in [9.17, 15) is 18.0 Å². The van der Waals surface area contributed by atoms with E-state index in [0.717, 1.165) is 23.2 Å². The lowest BCUT2D eigenvalue weighted by Gasteiger charge is -2.32. The SMILES string of the molecule is COC(=O)NC1CCN(C(=O)c2cc(NCC3CCN(S(C)(=O)=O)CC3)nc(-c3cnn4ccsc34)n2)CC1. The summed E-state index contributed by atoms with van der Waals surface area (Å²) in [6.07, 6.45) is 7.06. The highest BCUT2D eigenvalue weighted by Crippen LogP contribution is 2.27. The van der Waals surface area contributed by atoms with Crippen molar-refractivity contribution >= 4 is 44.0 Å². The van der Waals surface area contributed by atoms with E-state index in [1.165, 1.54) is 29.0 Å². The molecular formula is C24H32N8O5S2. The predicted octanol–water partition coefficient (Wildman–Crippen LogP) is 1.90. The zero-order chi connectivity index (χ0) is 27.6. The highest BCUT2D eigenvalue weighted by atomic mass is 32.2. The molecule has 13 nitrogen and oxygen atoms in total. The largest absolute Gasteiger partial charge is 0.453 e. The molecule has 0 unspecified atom stereocenters. The van der Waals surface area contributed by atoms with Crippen LogP contribution < -0.4 is 10.6 Å². The second-order valence-corrected chi connectivity index (χ2v) is 12.7. The Morgan fingerprint density at radius 3 is 2.56 bits per heavy atom. The van der Waals surface area contributed by atoms with Crippen LogP contribution >= 0.6 is 11.3 Å². The van der Waals surface area contributed by atoms with Gasteiger partial charge in [-0.05, 0) is 31.6 Å². The van der Waals surface area contributed by atoms with Crippen LogP contribution in [0.15, 0.2) is 23.8 Å². The lowest BCUT2D eigenvalue weighted by Crippen LogP contribution is -2.46. The molecule has 3 aromatic heterocycles. The topological polar surface area (TPSA) is 151 Å². The van der Waals surface area contributed by atoms with E-state index < -0.39 is 16.1 Å². The summed E-state index contributed by atoms with van der Waals surface area (Å²) in [4.78, 5) is 37.0. The maximum absolute atomic E-state index is 13.5. The number of aromatic nitrogens is 4. The number of thiazole rings is 1. The normalized spacial score (nSPS) is 17.8. The summed E-state index contributed by atoms with van der Waals surface area (Å²) in [7, 11) is -1.85. The predicted molar refractivity (Wildman–Crippen MR) is 146 cm³/mol. The molecule has 2 fully saturated rings. The molecule has 39 heavy (non-hydrogen) atoms. The molecule has 2 amide bonds. The van der Waals surface area contributed by atoms with Crippen LogP contribution in [0.1, 0.15) is 36.2 Å². The number of fused-ring (bicyclic) bond motifs is 1. The number of hydrogen-bond donors (Lipinski definition) is 2. The van der Waals surface area contributed by atoms with Crippen LogP contribution in [0.25, 0.3) is 16.2 Å². The van der Waals surface area contributed by atoms with Gasteiger partial charge in [0.25, 0.3) is 5.91 Å². The van der Waals surface area contributed by atoms with Crippen molar-refractivity contribution in [2.24, 2.45) is 5.92 Å². The van der Waals surface area contributed by atoms with Crippen molar-refractivity contribution in [2.45, 2.75) is 31.7 Å². The number of anilines is 1. The maximum atomic E-state index is 13.5. The Morgan fingerprint density at radius 1 is 1.13 bits per heavy atom. The third-order valence-electron chi connectivity index (χ3n) is 7.22. The number of methoxy groups -OCH3 is 1. The molecule has 2 aliphatic rings. The monoisotopic (exact) mass is 576 g/mol. The summed E-state index contributed by atoms with van der Waals surface area (Å²) >= 11 is 1.51. The van der Waals surface area contributed by atoms with Gasteiger partial charge in [0.1, 0.15) is 16.3 Å². The smallest absolute Gasteiger partial charge is 0.407 e. The number of likely N-dealkylation sites (tertiary alicyclic amines) is 1. The lowest BCUT2D eigenvalue weighted by molar-refractivity contribution is 0.0698. The number of carbonyl (C=O) groups excluding carboxylic acids is 2. The minimum atomic E-state index is -3.18. The fourth-order valence-electron chi connectivity index (χ4n) is 4.96. The zero-order valence-corrected chi connectivity index (χ0v) is 23.5. The molecule has 2 aliphatic heterocycles. The lowest BCUT2D eigenvalue weighted by atomic mass is 9.98. The second-order valence-electron chi connectivity index (χ2n) is 9.86. The summed E-state index contributed by atoms with van der Waals surface area (Å²) in [6, 6.07) is 1.62. The molecule has 3 aromatic rings. The van der Waals surface area contributed by atoms with E-state index in [-0.39, 0.29) is 23.6 Å². The molecule has 5 heterocycles. The van der Waals surface area contributed by atoms with Gasteiger partial charge in [0.2, 0.25) is 10.0 Å². The van der Waals surface area contributed by atoms with E-state index in [1.54, 1.807) is 21.7 Å². The van der Waals surface area contributed by atoms with Crippen LogP contribution in [0.3, 0.4) is 0 Å². The number of carbonyl (C=O) groups is 2. The first-order valence-corrected chi connectivity index (χ1v) is 15.6. The van der Waals surface area contributed by atoms with Crippen molar-refractivity contribution in [2.75, 3.05) is 51.4 Å². The van der Waals surface area contributed by atoms with Crippen molar-refractivity contribution in [3.8, 4) is 11.4 Å². The highest BCUT2D eigenvalue weighted by molar-refractivity contribution is 7.88. The van der Waals surface area contributed by atoms with E-state index in [2.05, 4.69) is 25.5 Å². The van der Waals surface area contributed by atoms with Gasteiger partial charge in [-0.15, -0.1) is 11.3 Å². The van der Waals surface area contributed by atoms with Gasteiger partial charge in [0, 0.05) is 56.4 Å². The van der Waals surface area contributed by atoms with E-state index in [4.69, 9.17) is 4.98 Å². The summed E-state index contributed by atoms with van der Waals surface area (Å²) < 4.78 is 31.6. The molecular weight excluding hydrogens is 544 g/mol. The number of sulfonamides is 1. The minimum Gasteiger partial charge on any atom is -0.453 e. The molecule has 5 rings (SSSR count). The third-order valence-corrected chi connectivity index (χ3v) is 9.41. The van der Waals surface area contributed by atoms with Gasteiger partial charge in [-0.1, -0.05) is 0 Å². The molecule has 0 spiro atoms. The third kappa shape index (κ3) is 6.31. The van der Waals surface area contributed by atoms with Crippen molar-refractivity contribution in [3.63, 3.8) is 0 Å². The van der Waals surface area contributed by atoms with Crippen LogP contribution in [0.2, 0.25) is 0 Å². The molecule has 0 bridgehead atoms. The maximum Gasteiger partial charge on any atom is 0.407 e. The Morgan fingerprint density at radius 2 is 1.87 bits per heavy atom. The zero-order valence-electron chi connectivity index (χ0n) is 21.9. The Labute approximate surface area is 230 Å². The molecule has 2 N–H and O–H groups in total. The first-order chi connectivity index (χ1) is 18.7. The Hall–Kier alpha value is -3.30. The summed E-state index contributed by atoms with van der Waals surface area (Å²) in [6.45, 7) is 2.57. The van der Waals surface area contributed by atoms with Gasteiger partial charge in [-0.3, -0.25) is 4.79 Å². The number of hydrogen-bond acceptors (Lipinski definition) is 10. The molecule has 0 aliphatic carbocycles. The summed E-state index contributed by atoms with van der Waals surface area (Å²) in [5.41, 5.74) is 1.02. The van der Waals surface area contributed by atoms with E-state index in [0.29, 0.717) is 57.2 Å². The quantitative estimate of drug-likeness (QED) is 0.430. The van der Waals surface area contributed by atoms with Crippen LogP contribution in [0, 0.1) is 5.92 Å². The fraction of sp³-hybridized carbons (Fsp3) is 0.542. The van der Waals surface area contributed by atoms with Crippen molar-refractivity contribution in [1.29, 1.82) is 0 Å². The molecule has 0 atom stereocenters. The van der Waals surface area contributed by atoms with Gasteiger partial charge in [0.15, 0.2) is 5.82 Å². The van der Waals surface area contributed by atoms with E-state index in [1.807, 2.05) is 11.6 Å². The highest BCUT2D eigenvalue weighted by Gasteiger charge is 2.28. The van der Waals surface area contributed by atoms with Crippen molar-refractivity contribution < 1.29 is 22.7 Å².